The first-order chi connectivity index (χ1) is 9.75. The number of hydrogen-bond acceptors (Lipinski definition) is 5. The van der Waals surface area contributed by atoms with Crippen LogP contribution >= 0.6 is 12.4 Å². The molecular weight excluding hydrogens is 304 g/mol. The largest absolute Gasteiger partial charge is 0.346 e. The molecule has 2 aromatic heterocycles. The molecule has 3 N–H and O–H groups in total. The van der Waals surface area contributed by atoms with E-state index in [1.54, 1.807) is 13.0 Å². The van der Waals surface area contributed by atoms with Gasteiger partial charge in [-0.05, 0) is 32.8 Å². The van der Waals surface area contributed by atoms with Gasteiger partial charge in [0.2, 0.25) is 0 Å². The zero-order valence-corrected chi connectivity index (χ0v) is 14.4. The van der Waals surface area contributed by atoms with Crippen molar-refractivity contribution in [2.45, 2.75) is 46.1 Å². The van der Waals surface area contributed by atoms with Crippen LogP contribution in [0.2, 0.25) is 0 Å². The van der Waals surface area contributed by atoms with Gasteiger partial charge in [-0.1, -0.05) is 19.0 Å². The van der Waals surface area contributed by atoms with Gasteiger partial charge in [0.25, 0.3) is 11.6 Å². The number of fused-ring (bicyclic) bond motifs is 1. The number of nitrogens with two attached hydrogens (primary N) is 1. The van der Waals surface area contributed by atoms with Crippen molar-refractivity contribution in [1.29, 1.82) is 0 Å². The molecule has 2 aromatic rings. The summed E-state index contributed by atoms with van der Waals surface area (Å²) in [4.78, 5) is 17.0. The molecule has 0 bridgehead atoms. The van der Waals surface area contributed by atoms with Gasteiger partial charge in [0.15, 0.2) is 0 Å². The number of rotatable bonds is 4. The lowest BCUT2D eigenvalue weighted by Gasteiger charge is -2.24. The summed E-state index contributed by atoms with van der Waals surface area (Å²) in [5, 5.41) is 7.51. The van der Waals surface area contributed by atoms with E-state index in [4.69, 9.17) is 10.3 Å². The Morgan fingerprint density at radius 2 is 2.09 bits per heavy atom. The van der Waals surface area contributed by atoms with Crippen LogP contribution in [-0.2, 0) is 0 Å². The van der Waals surface area contributed by atoms with Gasteiger partial charge in [-0.3, -0.25) is 4.79 Å². The first kappa shape index (κ1) is 18.4. The van der Waals surface area contributed by atoms with E-state index in [1.165, 1.54) is 0 Å². The average molecular weight is 327 g/mol. The molecule has 6 nitrogen and oxygen atoms in total. The van der Waals surface area contributed by atoms with Crippen molar-refractivity contribution < 1.29 is 9.32 Å². The van der Waals surface area contributed by atoms with Gasteiger partial charge in [0.05, 0.1) is 16.6 Å². The number of aryl methyl sites for hydroxylation is 1. The molecule has 22 heavy (non-hydrogen) atoms. The van der Waals surface area contributed by atoms with Gasteiger partial charge in [-0.2, -0.15) is 0 Å². The summed E-state index contributed by atoms with van der Waals surface area (Å²) in [5.74, 6) is -0.0000696. The van der Waals surface area contributed by atoms with Crippen LogP contribution in [0.3, 0.4) is 0 Å². The fourth-order valence-corrected chi connectivity index (χ4v) is 2.01. The van der Waals surface area contributed by atoms with Crippen LogP contribution in [0.5, 0.6) is 0 Å². The van der Waals surface area contributed by atoms with Crippen LogP contribution in [-0.4, -0.2) is 28.1 Å². The van der Waals surface area contributed by atoms with Crippen molar-refractivity contribution in [2.24, 2.45) is 5.73 Å². The molecule has 0 fully saturated rings. The first-order valence-corrected chi connectivity index (χ1v) is 7.04. The third-order valence-corrected chi connectivity index (χ3v) is 3.44. The van der Waals surface area contributed by atoms with E-state index in [1.807, 2.05) is 27.7 Å². The summed E-state index contributed by atoms with van der Waals surface area (Å²) >= 11 is 0. The van der Waals surface area contributed by atoms with Crippen molar-refractivity contribution >= 4 is 29.4 Å². The quantitative estimate of drug-likeness (QED) is 0.900. The molecule has 7 heteroatoms. The Balaban J connectivity index is 0.00000242. The number of nitrogens with zero attached hydrogens (tertiary/aromatic N) is 2. The van der Waals surface area contributed by atoms with E-state index in [0.29, 0.717) is 28.9 Å². The van der Waals surface area contributed by atoms with E-state index in [9.17, 15) is 4.79 Å². The van der Waals surface area contributed by atoms with Crippen LogP contribution in [0.4, 0.5) is 0 Å². The Morgan fingerprint density at radius 1 is 1.45 bits per heavy atom. The maximum Gasteiger partial charge on any atom is 0.259 e. The van der Waals surface area contributed by atoms with Crippen LogP contribution in [0.1, 0.15) is 55.4 Å². The maximum atomic E-state index is 12.6. The second-order valence-electron chi connectivity index (χ2n) is 6.24. The predicted octanol–water partition coefficient (Wildman–Crippen LogP) is 2.54. The number of amides is 1. The molecule has 0 saturated heterocycles. The molecule has 0 aliphatic heterocycles. The predicted molar refractivity (Wildman–Crippen MR) is 88.5 cm³/mol. The third kappa shape index (κ3) is 3.56. The summed E-state index contributed by atoms with van der Waals surface area (Å²) < 4.78 is 5.22. The first-order valence-electron chi connectivity index (χ1n) is 7.04. The molecule has 0 unspecified atom stereocenters. The lowest BCUT2D eigenvalue weighted by Crippen LogP contribution is -2.48. The number of hydrogen-bond donors (Lipinski definition) is 2. The zero-order chi connectivity index (χ0) is 15.8. The molecule has 0 aromatic carbocycles. The van der Waals surface area contributed by atoms with Crippen molar-refractivity contribution in [3.8, 4) is 0 Å². The highest BCUT2D eigenvalue weighted by molar-refractivity contribution is 6.06. The highest BCUT2D eigenvalue weighted by Gasteiger charge is 2.24. The molecule has 0 saturated carbocycles. The van der Waals surface area contributed by atoms with E-state index in [-0.39, 0.29) is 24.2 Å². The standard InChI is InChI=1S/C15H22N4O2.ClH/c1-8(2)11-6-10(13(20)18-15(4,5)7-16)12-9(3)19-21-14(12)17-11;/h6,8H,7,16H2,1-5H3,(H,18,20);1H. The summed E-state index contributed by atoms with van der Waals surface area (Å²) in [6.45, 7) is 9.95. The van der Waals surface area contributed by atoms with E-state index in [0.717, 1.165) is 5.69 Å². The summed E-state index contributed by atoms with van der Waals surface area (Å²) in [7, 11) is 0. The Kier molecular flexibility index (Phi) is 5.54. The minimum Gasteiger partial charge on any atom is -0.346 e. The Hall–Kier alpha value is -1.66. The van der Waals surface area contributed by atoms with E-state index in [2.05, 4.69) is 15.5 Å². The number of halogens is 1. The van der Waals surface area contributed by atoms with Crippen LogP contribution in [0.25, 0.3) is 11.1 Å². The molecular formula is C15H23ClN4O2. The second kappa shape index (κ2) is 6.62. The van der Waals surface area contributed by atoms with Crippen molar-refractivity contribution in [1.82, 2.24) is 15.5 Å². The van der Waals surface area contributed by atoms with Gasteiger partial charge in [-0.25, -0.2) is 4.98 Å². The molecule has 2 rings (SSSR count). The fraction of sp³-hybridized carbons (Fsp3) is 0.533. The van der Waals surface area contributed by atoms with Gasteiger partial charge in [0, 0.05) is 17.8 Å². The number of carbonyl (C=O) groups is 1. The van der Waals surface area contributed by atoms with Crippen LogP contribution in [0, 0.1) is 6.92 Å². The average Bonchev–Trinajstić information content (AvgIpc) is 2.79. The normalized spacial score (nSPS) is 11.6. The number of carbonyl (C=O) groups excluding carboxylic acids is 1. The molecule has 0 radical (unpaired) electrons. The molecule has 0 aliphatic carbocycles. The number of pyridine rings is 1. The Labute approximate surface area is 136 Å². The lowest BCUT2D eigenvalue weighted by atomic mass is 10.0. The summed E-state index contributed by atoms with van der Waals surface area (Å²) in [5.41, 5.74) is 7.58. The minimum absolute atomic E-state index is 0. The van der Waals surface area contributed by atoms with Gasteiger partial charge in [0.1, 0.15) is 0 Å². The smallest absolute Gasteiger partial charge is 0.259 e. The number of nitrogens with one attached hydrogen (secondary N) is 1. The van der Waals surface area contributed by atoms with Gasteiger partial charge < -0.3 is 15.6 Å². The molecule has 0 atom stereocenters. The van der Waals surface area contributed by atoms with Crippen molar-refractivity contribution in [3.63, 3.8) is 0 Å². The van der Waals surface area contributed by atoms with E-state index >= 15 is 0 Å². The topological polar surface area (TPSA) is 94.0 Å². The highest BCUT2D eigenvalue weighted by Crippen LogP contribution is 2.25. The van der Waals surface area contributed by atoms with Gasteiger partial charge >= 0.3 is 0 Å². The zero-order valence-electron chi connectivity index (χ0n) is 13.6. The summed E-state index contributed by atoms with van der Waals surface area (Å²) in [6, 6.07) is 1.80. The van der Waals surface area contributed by atoms with E-state index < -0.39 is 5.54 Å². The molecule has 0 aliphatic rings. The molecule has 122 valence electrons. The fourth-order valence-electron chi connectivity index (χ4n) is 2.01. The van der Waals surface area contributed by atoms with Crippen molar-refractivity contribution in [3.05, 3.63) is 23.0 Å². The lowest BCUT2D eigenvalue weighted by molar-refractivity contribution is 0.0917. The monoisotopic (exact) mass is 326 g/mol. The number of aromatic nitrogens is 2. The SMILES string of the molecule is Cc1noc2nc(C(C)C)cc(C(=O)NC(C)(C)CN)c12.Cl. The third-order valence-electron chi connectivity index (χ3n) is 3.44. The maximum absolute atomic E-state index is 12.6. The van der Waals surface area contributed by atoms with Crippen molar-refractivity contribution in [2.75, 3.05) is 6.54 Å². The molecule has 2 heterocycles. The Morgan fingerprint density at radius 3 is 2.64 bits per heavy atom. The Bertz CT molecular complexity index is 679. The molecule has 0 spiro atoms. The summed E-state index contributed by atoms with van der Waals surface area (Å²) in [6.07, 6.45) is 0. The van der Waals surface area contributed by atoms with Crippen LogP contribution < -0.4 is 11.1 Å². The minimum atomic E-state index is -0.476. The molecule has 1 amide bonds. The van der Waals surface area contributed by atoms with Gasteiger partial charge in [-0.15, -0.1) is 12.4 Å². The highest BCUT2D eigenvalue weighted by atomic mass is 35.5. The van der Waals surface area contributed by atoms with Crippen LogP contribution in [0.15, 0.2) is 10.6 Å². The second-order valence-corrected chi connectivity index (χ2v) is 6.24.